The molecule has 8 heteroatoms. The Hall–Kier alpha value is -3.52. The Morgan fingerprint density at radius 2 is 1.88 bits per heavy atom. The van der Waals surface area contributed by atoms with Gasteiger partial charge in [-0.2, -0.15) is 0 Å². The number of rotatable bonds is 5. The summed E-state index contributed by atoms with van der Waals surface area (Å²) in [4.78, 5) is 24.3. The van der Waals surface area contributed by atoms with Gasteiger partial charge in [0.05, 0.1) is 30.9 Å². The Morgan fingerprint density at radius 1 is 1.12 bits per heavy atom. The van der Waals surface area contributed by atoms with Crippen molar-refractivity contribution in [3.05, 3.63) is 54.1 Å². The van der Waals surface area contributed by atoms with Crippen LogP contribution in [0.4, 0.5) is 5.69 Å². The van der Waals surface area contributed by atoms with Gasteiger partial charge in [0.25, 0.3) is 0 Å². The highest BCUT2D eigenvalue weighted by atomic mass is 16.5. The van der Waals surface area contributed by atoms with Crippen LogP contribution in [-0.4, -0.2) is 55.6 Å². The van der Waals surface area contributed by atoms with Crippen molar-refractivity contribution < 1.29 is 14.3 Å². The maximum atomic E-state index is 14.1. The molecule has 0 saturated carbocycles. The lowest BCUT2D eigenvalue weighted by Crippen LogP contribution is -2.60. The number of carbonyl (C=O) groups is 1. The molecular formula is C24H27N5O3. The van der Waals surface area contributed by atoms with Gasteiger partial charge in [-0.25, -0.2) is 4.98 Å². The van der Waals surface area contributed by atoms with E-state index in [1.807, 2.05) is 49.5 Å². The summed E-state index contributed by atoms with van der Waals surface area (Å²) in [6.45, 7) is 1.43. The first-order chi connectivity index (χ1) is 15.6. The highest BCUT2D eigenvalue weighted by Gasteiger charge is 2.54. The fraction of sp³-hybridized carbons (Fsp3) is 0.333. The Labute approximate surface area is 186 Å². The molecule has 3 heterocycles. The second kappa shape index (κ2) is 7.87. The van der Waals surface area contributed by atoms with Gasteiger partial charge in [0.15, 0.2) is 5.78 Å². The molecule has 8 nitrogen and oxygen atoms in total. The van der Waals surface area contributed by atoms with Crippen molar-refractivity contribution in [3.63, 3.8) is 0 Å². The number of carbonyl (C=O) groups excluding carboxylic acids is 1. The van der Waals surface area contributed by atoms with E-state index in [0.29, 0.717) is 35.3 Å². The van der Waals surface area contributed by atoms with Gasteiger partial charge in [-0.15, -0.1) is 0 Å². The smallest absolute Gasteiger partial charge is 0.197 e. The molecular weight excluding hydrogens is 406 g/mol. The lowest BCUT2D eigenvalue weighted by atomic mass is 9.84. The second-order valence-corrected chi connectivity index (χ2v) is 8.12. The molecule has 0 aliphatic carbocycles. The summed E-state index contributed by atoms with van der Waals surface area (Å²) in [5.74, 6) is 2.67. The van der Waals surface area contributed by atoms with E-state index in [4.69, 9.17) is 14.5 Å². The number of piperidine rings is 1. The number of hydrogen-bond donors (Lipinski definition) is 3. The largest absolute Gasteiger partial charge is 0.497 e. The van der Waals surface area contributed by atoms with Gasteiger partial charge in [-0.1, -0.05) is 12.1 Å². The number of para-hydroxylation sites is 2. The lowest BCUT2D eigenvalue weighted by molar-refractivity contribution is -0.118. The monoisotopic (exact) mass is 433 g/mol. The van der Waals surface area contributed by atoms with Crippen molar-refractivity contribution in [2.75, 3.05) is 39.3 Å². The number of fused-ring (bicyclic) bond motifs is 1. The molecule has 1 saturated heterocycles. The minimum Gasteiger partial charge on any atom is -0.497 e. The van der Waals surface area contributed by atoms with Crippen molar-refractivity contribution in [2.45, 2.75) is 18.4 Å². The second-order valence-electron chi connectivity index (χ2n) is 8.12. The Bertz CT molecular complexity index is 1150. The van der Waals surface area contributed by atoms with Crippen LogP contribution in [0.25, 0.3) is 16.6 Å². The minimum absolute atomic E-state index is 0.0508. The zero-order chi connectivity index (χ0) is 22.3. The van der Waals surface area contributed by atoms with Crippen LogP contribution in [0.5, 0.6) is 11.5 Å². The molecule has 1 spiro atoms. The highest BCUT2D eigenvalue weighted by molar-refractivity contribution is 6.30. The first kappa shape index (κ1) is 20.4. The van der Waals surface area contributed by atoms with Gasteiger partial charge in [0, 0.05) is 31.8 Å². The zero-order valence-electron chi connectivity index (χ0n) is 18.5. The molecule has 2 aromatic carbocycles. The van der Waals surface area contributed by atoms with Crippen molar-refractivity contribution >= 4 is 28.1 Å². The first-order valence-corrected chi connectivity index (χ1v) is 10.8. The number of nitrogens with zero attached hydrogens (tertiary/aromatic N) is 2. The first-order valence-electron chi connectivity index (χ1n) is 10.8. The number of ketones is 1. The van der Waals surface area contributed by atoms with Crippen molar-refractivity contribution in [1.82, 2.24) is 20.6 Å². The van der Waals surface area contributed by atoms with Gasteiger partial charge < -0.3 is 30.0 Å². The van der Waals surface area contributed by atoms with Gasteiger partial charge in [0.1, 0.15) is 34.3 Å². The third-order valence-electron chi connectivity index (χ3n) is 6.36. The number of H-pyrrole nitrogens is 1. The summed E-state index contributed by atoms with van der Waals surface area (Å²) in [6, 6.07) is 13.5. The quantitative estimate of drug-likeness (QED) is 0.570. The van der Waals surface area contributed by atoms with Crippen molar-refractivity contribution in [3.8, 4) is 11.5 Å². The number of anilines is 1. The van der Waals surface area contributed by atoms with Crippen molar-refractivity contribution in [1.29, 1.82) is 0 Å². The molecule has 3 aromatic rings. The maximum Gasteiger partial charge on any atom is 0.197 e. The normalized spacial score (nSPS) is 21.0. The van der Waals surface area contributed by atoms with Gasteiger partial charge >= 0.3 is 0 Å². The maximum absolute atomic E-state index is 14.1. The third kappa shape index (κ3) is 3.02. The number of imidazole rings is 1. The Morgan fingerprint density at radius 3 is 2.50 bits per heavy atom. The number of benzene rings is 2. The number of ether oxygens (including phenoxy) is 2. The molecule has 2 aliphatic heterocycles. The summed E-state index contributed by atoms with van der Waals surface area (Å²) in [5, 5.41) is 6.74. The fourth-order valence-corrected chi connectivity index (χ4v) is 4.87. The van der Waals surface area contributed by atoms with Gasteiger partial charge in [-0.3, -0.25) is 4.79 Å². The van der Waals surface area contributed by atoms with Crippen LogP contribution in [0.2, 0.25) is 0 Å². The minimum atomic E-state index is -0.762. The standard InChI is InChI=1S/C24H27N5O3/c1-25-23-20(22-27-18-7-4-5-8-19(18)28-22)21(30)24(9-6-10-26-14-24)29(23)15-11-16(31-2)13-17(12-15)32-3/h4-5,7-8,11-13,25-26H,6,9-10,14H2,1-3H3,(H,27,28). The third-order valence-corrected chi connectivity index (χ3v) is 6.36. The number of nitrogens with one attached hydrogen (secondary N) is 3. The van der Waals surface area contributed by atoms with Gasteiger partial charge in [0.2, 0.25) is 0 Å². The number of aromatic amines is 1. The summed E-state index contributed by atoms with van der Waals surface area (Å²) in [5.41, 5.74) is 2.36. The Balaban J connectivity index is 1.74. The van der Waals surface area contributed by atoms with Crippen molar-refractivity contribution in [2.24, 2.45) is 0 Å². The molecule has 0 radical (unpaired) electrons. The molecule has 166 valence electrons. The van der Waals surface area contributed by atoms with E-state index in [-0.39, 0.29) is 5.78 Å². The fourth-order valence-electron chi connectivity index (χ4n) is 4.87. The predicted molar refractivity (Wildman–Crippen MR) is 124 cm³/mol. The molecule has 1 aromatic heterocycles. The average Bonchev–Trinajstić information content (AvgIpc) is 3.36. The van der Waals surface area contributed by atoms with Gasteiger partial charge in [-0.05, 0) is 31.5 Å². The predicted octanol–water partition coefficient (Wildman–Crippen LogP) is 2.68. The number of Topliss-reactive ketones (excluding diaryl/α,β-unsaturated/α-hetero) is 1. The van der Waals surface area contributed by atoms with Crippen LogP contribution in [0, 0.1) is 0 Å². The van der Waals surface area contributed by atoms with Crippen LogP contribution in [-0.2, 0) is 4.79 Å². The summed E-state index contributed by atoms with van der Waals surface area (Å²) < 4.78 is 11.0. The van der Waals surface area contributed by atoms with Crippen LogP contribution >= 0.6 is 0 Å². The molecule has 1 fully saturated rings. The van der Waals surface area contributed by atoms with E-state index in [9.17, 15) is 4.79 Å². The highest BCUT2D eigenvalue weighted by Crippen LogP contribution is 2.45. The van der Waals surface area contributed by atoms with E-state index in [2.05, 4.69) is 20.5 Å². The summed E-state index contributed by atoms with van der Waals surface area (Å²) >= 11 is 0. The number of methoxy groups -OCH3 is 2. The Kier molecular flexibility index (Phi) is 5.01. The summed E-state index contributed by atoms with van der Waals surface area (Å²) in [7, 11) is 5.09. The molecule has 0 amide bonds. The topological polar surface area (TPSA) is 91.5 Å². The SMILES string of the molecule is CNC1=C(c2nc3ccccc3[nH]2)C(=O)C2(CCCNC2)N1c1cc(OC)cc(OC)c1. The molecule has 3 N–H and O–H groups in total. The molecule has 2 aliphatic rings. The number of aromatic nitrogens is 2. The number of hydrogen-bond acceptors (Lipinski definition) is 7. The molecule has 1 unspecified atom stereocenters. The van der Waals surface area contributed by atoms with E-state index in [0.717, 1.165) is 36.1 Å². The lowest BCUT2D eigenvalue weighted by Gasteiger charge is -2.42. The van der Waals surface area contributed by atoms with E-state index >= 15 is 0 Å². The van der Waals surface area contributed by atoms with Crippen LogP contribution in [0.3, 0.4) is 0 Å². The zero-order valence-corrected chi connectivity index (χ0v) is 18.5. The summed E-state index contributed by atoms with van der Waals surface area (Å²) in [6.07, 6.45) is 1.63. The van der Waals surface area contributed by atoms with E-state index < -0.39 is 5.54 Å². The van der Waals surface area contributed by atoms with Crippen LogP contribution in [0.15, 0.2) is 48.3 Å². The van der Waals surface area contributed by atoms with Crippen LogP contribution < -0.4 is 25.0 Å². The average molecular weight is 434 g/mol. The van der Waals surface area contributed by atoms with E-state index in [1.165, 1.54) is 0 Å². The van der Waals surface area contributed by atoms with E-state index in [1.54, 1.807) is 14.2 Å². The molecule has 0 bridgehead atoms. The molecule has 1 atom stereocenters. The molecule has 5 rings (SSSR count). The molecule has 32 heavy (non-hydrogen) atoms. The van der Waals surface area contributed by atoms with Crippen LogP contribution in [0.1, 0.15) is 18.7 Å².